The first-order chi connectivity index (χ1) is 11.2. The molecule has 10 radical (unpaired) electrons. The molecule has 0 aromatic rings. The summed E-state index contributed by atoms with van der Waals surface area (Å²) in [5.41, 5.74) is 3.69. The van der Waals surface area contributed by atoms with Crippen molar-refractivity contribution in [3.8, 4) is 0 Å². The van der Waals surface area contributed by atoms with E-state index in [9.17, 15) is 0 Å². The number of nitrogens with one attached hydrogen (secondary N) is 1. The maximum Gasteiger partial charge on any atom is 0.176 e. The molecule has 0 spiro atoms. The Morgan fingerprint density at radius 3 is 2.17 bits per heavy atom. The Balaban J connectivity index is 0.000000300. The molecule has 24 heavy (non-hydrogen) atoms. The molecule has 4 rings (SSSR count). The van der Waals surface area contributed by atoms with Crippen LogP contribution in [-0.4, -0.2) is 41.6 Å². The molecule has 3 nitrogen and oxygen atoms in total. The monoisotopic (exact) mass is 379 g/mol. The first kappa shape index (κ1) is 20.0. The average molecular weight is 379 g/mol. The largest absolute Gasteiger partial charge is 0.348 e. The Hall–Kier alpha value is -0.351. The van der Waals surface area contributed by atoms with Gasteiger partial charge in [-0.2, -0.15) is 0 Å². The van der Waals surface area contributed by atoms with E-state index in [-0.39, 0.29) is 17.1 Å². The van der Waals surface area contributed by atoms with E-state index < -0.39 is 0 Å². The van der Waals surface area contributed by atoms with Gasteiger partial charge in [0.25, 0.3) is 0 Å². The number of hydrogen-bond acceptors (Lipinski definition) is 2. The molecule has 2 saturated carbocycles. The molecule has 2 heterocycles. The van der Waals surface area contributed by atoms with Crippen molar-refractivity contribution in [1.82, 2.24) is 15.1 Å². The molecule has 0 aromatic carbocycles. The van der Waals surface area contributed by atoms with Crippen molar-refractivity contribution >= 4 is 17.3 Å². The topological polar surface area (TPSA) is 18.5 Å². The van der Waals surface area contributed by atoms with E-state index in [0.29, 0.717) is 0 Å². The van der Waals surface area contributed by atoms with Crippen LogP contribution >= 0.6 is 12.2 Å². The number of likely N-dealkylation sites (N-methyl/N-ethyl adjacent to an activating group) is 1. The summed E-state index contributed by atoms with van der Waals surface area (Å²) in [7, 11) is 2.04. The molecule has 0 bridgehead atoms. The van der Waals surface area contributed by atoms with Crippen molar-refractivity contribution in [1.29, 1.82) is 0 Å². The van der Waals surface area contributed by atoms with Crippen LogP contribution in [0.2, 0.25) is 0 Å². The van der Waals surface area contributed by atoms with Crippen LogP contribution in [0.5, 0.6) is 0 Å². The van der Waals surface area contributed by atoms with Crippen LogP contribution in [0, 0.1) is 63.8 Å². The van der Waals surface area contributed by atoms with Gasteiger partial charge in [0.2, 0.25) is 0 Å². The van der Waals surface area contributed by atoms with E-state index in [1.807, 2.05) is 52.0 Å². The smallest absolute Gasteiger partial charge is 0.176 e. The van der Waals surface area contributed by atoms with E-state index in [4.69, 9.17) is 12.2 Å². The third-order valence-electron chi connectivity index (χ3n) is 3.97. The fraction of sp³-hybridized carbons (Fsp3) is 0.211. The summed E-state index contributed by atoms with van der Waals surface area (Å²) in [6, 6.07) is 1.13. The van der Waals surface area contributed by atoms with Gasteiger partial charge in [-0.05, 0) is 81.2 Å². The summed E-state index contributed by atoms with van der Waals surface area (Å²) in [6.07, 6.45) is 18.3. The first-order valence-corrected chi connectivity index (χ1v) is 8.14. The van der Waals surface area contributed by atoms with Crippen LogP contribution < -0.4 is 5.32 Å². The third kappa shape index (κ3) is 4.43. The number of thiocarbonyl (C=S) groups is 1. The van der Waals surface area contributed by atoms with Crippen LogP contribution in [0.4, 0.5) is 0 Å². The van der Waals surface area contributed by atoms with E-state index in [1.54, 1.807) is 0 Å². The molecule has 1 N–H and O–H groups in total. The molecule has 0 aromatic heterocycles. The van der Waals surface area contributed by atoms with Gasteiger partial charge in [-0.25, -0.2) is 0 Å². The second-order valence-corrected chi connectivity index (χ2v) is 6.10. The molecule has 5 heteroatoms. The van der Waals surface area contributed by atoms with Gasteiger partial charge in [-0.1, -0.05) is 6.58 Å². The molecule has 2 aliphatic carbocycles. The molecule has 0 atom stereocenters. The molecule has 126 valence electrons. The standard InChI is InChI=1S/C14H16N3S.C5H5.Fe/c1-10-7-15-8-11-9-16(2)14(18)17(13(10)11)12-5-3-4-6-12;1-2-4-5-3-1;/h3-6,15H,1,7-9H2,2H3;1-5H;. The van der Waals surface area contributed by atoms with E-state index in [0.717, 1.165) is 36.4 Å². The molecular weight excluding hydrogens is 358 g/mol. The summed E-state index contributed by atoms with van der Waals surface area (Å²) in [5.74, 6) is 0. The summed E-state index contributed by atoms with van der Waals surface area (Å²) in [5, 5.41) is 4.23. The summed E-state index contributed by atoms with van der Waals surface area (Å²) >= 11 is 5.58. The van der Waals surface area contributed by atoms with Crippen LogP contribution in [0.15, 0.2) is 23.4 Å². The van der Waals surface area contributed by atoms with E-state index in [1.165, 1.54) is 11.3 Å². The molecular formula is C19H21FeN3S. The zero-order valence-electron chi connectivity index (χ0n) is 13.7. The minimum absolute atomic E-state index is 0. The number of nitrogens with zero attached hydrogens (tertiary/aromatic N) is 2. The number of hydrogen-bond donors (Lipinski definition) is 1. The Morgan fingerprint density at radius 2 is 1.58 bits per heavy atom. The summed E-state index contributed by atoms with van der Waals surface area (Å²) in [6.45, 7) is 6.82. The maximum absolute atomic E-state index is 5.58. The van der Waals surface area contributed by atoms with Crippen LogP contribution in [0.3, 0.4) is 0 Å². The van der Waals surface area contributed by atoms with Crippen molar-refractivity contribution in [2.75, 3.05) is 26.7 Å². The molecule has 0 unspecified atom stereocenters. The van der Waals surface area contributed by atoms with Gasteiger partial charge < -0.3 is 15.1 Å². The quantitative estimate of drug-likeness (QED) is 0.557. The van der Waals surface area contributed by atoms with Gasteiger partial charge in [0.15, 0.2) is 5.11 Å². The van der Waals surface area contributed by atoms with Crippen molar-refractivity contribution in [3.05, 3.63) is 87.3 Å². The Kier molecular flexibility index (Phi) is 7.80. The van der Waals surface area contributed by atoms with Gasteiger partial charge in [0, 0.05) is 43.8 Å². The van der Waals surface area contributed by atoms with E-state index >= 15 is 0 Å². The summed E-state index contributed by atoms with van der Waals surface area (Å²) < 4.78 is 0. The molecule has 2 fully saturated rings. The Labute approximate surface area is 163 Å². The van der Waals surface area contributed by atoms with Gasteiger partial charge >= 0.3 is 0 Å². The Morgan fingerprint density at radius 1 is 1.00 bits per heavy atom. The predicted octanol–water partition coefficient (Wildman–Crippen LogP) is 2.31. The average Bonchev–Trinajstić information content (AvgIpc) is 3.25. The minimum atomic E-state index is 0. The van der Waals surface area contributed by atoms with Gasteiger partial charge in [-0.3, -0.25) is 0 Å². The van der Waals surface area contributed by atoms with Crippen LogP contribution in [-0.2, 0) is 17.1 Å². The normalized spacial score (nSPS) is 24.5. The fourth-order valence-corrected chi connectivity index (χ4v) is 3.18. The van der Waals surface area contributed by atoms with Gasteiger partial charge in [-0.15, -0.1) is 0 Å². The second-order valence-electron chi connectivity index (χ2n) is 5.74. The first-order valence-electron chi connectivity index (χ1n) is 7.73. The predicted molar refractivity (Wildman–Crippen MR) is 98.0 cm³/mol. The second kappa shape index (κ2) is 9.38. The molecule has 0 amide bonds. The van der Waals surface area contributed by atoms with E-state index in [2.05, 4.69) is 34.5 Å². The molecule has 0 saturated heterocycles. The molecule has 2 aliphatic heterocycles. The fourth-order valence-electron chi connectivity index (χ4n) is 2.92. The maximum atomic E-state index is 5.58. The minimum Gasteiger partial charge on any atom is -0.348 e. The summed E-state index contributed by atoms with van der Waals surface area (Å²) in [4.78, 5) is 4.26. The van der Waals surface area contributed by atoms with Crippen molar-refractivity contribution in [2.24, 2.45) is 0 Å². The van der Waals surface area contributed by atoms with Gasteiger partial charge in [0.05, 0.1) is 11.7 Å². The molecule has 4 aliphatic rings. The van der Waals surface area contributed by atoms with Crippen LogP contribution in [0.25, 0.3) is 0 Å². The van der Waals surface area contributed by atoms with Crippen molar-refractivity contribution in [3.63, 3.8) is 0 Å². The van der Waals surface area contributed by atoms with Crippen LogP contribution in [0.1, 0.15) is 0 Å². The number of rotatable bonds is 1. The third-order valence-corrected chi connectivity index (χ3v) is 4.47. The zero-order chi connectivity index (χ0) is 16.2. The van der Waals surface area contributed by atoms with Crippen molar-refractivity contribution < 1.29 is 17.1 Å². The zero-order valence-corrected chi connectivity index (χ0v) is 15.6. The Bertz CT molecular complexity index is 485. The SMILES string of the molecule is C=C1CNCC2=C1N([C]1[CH][CH][CH][CH]1)C(=S)N(C)C2.[CH]1[CH][CH][CH][CH]1.[Fe]. The van der Waals surface area contributed by atoms with Crippen molar-refractivity contribution in [2.45, 2.75) is 0 Å². The van der Waals surface area contributed by atoms with Gasteiger partial charge in [0.1, 0.15) is 0 Å².